The number of aromatic amines is 2. The van der Waals surface area contributed by atoms with Gasteiger partial charge in [-0.3, -0.25) is 14.8 Å². The fourth-order valence-corrected chi connectivity index (χ4v) is 4.23. The van der Waals surface area contributed by atoms with Crippen LogP contribution in [0, 0.1) is 5.92 Å². The van der Waals surface area contributed by atoms with Crippen LogP contribution in [-0.2, 0) is 4.79 Å². The number of hydrogen-bond donors (Lipinski definition) is 4. The van der Waals surface area contributed by atoms with Gasteiger partial charge in [-0.05, 0) is 25.3 Å². The van der Waals surface area contributed by atoms with E-state index >= 15 is 0 Å². The van der Waals surface area contributed by atoms with Crippen LogP contribution >= 0.6 is 0 Å². The summed E-state index contributed by atoms with van der Waals surface area (Å²) in [6, 6.07) is 2.24. The average molecular weight is 451 g/mol. The average Bonchev–Trinajstić information content (AvgIpc) is 3.70. The minimum absolute atomic E-state index is 0.0112. The maximum atomic E-state index is 12.5. The predicted molar refractivity (Wildman–Crippen MR) is 118 cm³/mol. The van der Waals surface area contributed by atoms with Crippen molar-refractivity contribution < 1.29 is 9.90 Å². The first-order chi connectivity index (χ1) is 16.0. The Morgan fingerprint density at radius 1 is 1.24 bits per heavy atom. The second-order valence-corrected chi connectivity index (χ2v) is 8.97. The van der Waals surface area contributed by atoms with Gasteiger partial charge in [0.15, 0.2) is 11.1 Å². The minimum Gasteiger partial charge on any atom is -0.493 e. The van der Waals surface area contributed by atoms with Crippen LogP contribution in [0.3, 0.4) is 0 Å². The highest BCUT2D eigenvalue weighted by Gasteiger charge is 2.42. The van der Waals surface area contributed by atoms with Gasteiger partial charge in [-0.25, -0.2) is 9.78 Å². The first-order valence-corrected chi connectivity index (χ1v) is 11.2. The largest absolute Gasteiger partial charge is 0.493 e. The zero-order valence-corrected chi connectivity index (χ0v) is 17.9. The summed E-state index contributed by atoms with van der Waals surface area (Å²) >= 11 is 0. The summed E-state index contributed by atoms with van der Waals surface area (Å²) in [5.74, 6) is 0.660. The Balaban J connectivity index is 1.36. The number of anilines is 1. The lowest BCUT2D eigenvalue weighted by Gasteiger charge is -2.35. The molecule has 3 fully saturated rings. The number of aromatic hydroxyl groups is 1. The molecule has 3 aliphatic rings. The highest BCUT2D eigenvalue weighted by atomic mass is 16.3. The van der Waals surface area contributed by atoms with E-state index in [1.165, 1.54) is 0 Å². The van der Waals surface area contributed by atoms with Gasteiger partial charge in [0.2, 0.25) is 11.8 Å². The lowest BCUT2D eigenvalue weighted by molar-refractivity contribution is -0.132. The molecule has 2 aliphatic carbocycles. The van der Waals surface area contributed by atoms with Crippen LogP contribution in [0.1, 0.15) is 25.0 Å². The third-order valence-electron chi connectivity index (χ3n) is 6.44. The second kappa shape index (κ2) is 7.44. The van der Waals surface area contributed by atoms with Crippen molar-refractivity contribution in [3.63, 3.8) is 0 Å². The highest BCUT2D eigenvalue weighted by Crippen LogP contribution is 2.30. The van der Waals surface area contributed by atoms with E-state index < -0.39 is 5.69 Å². The van der Waals surface area contributed by atoms with E-state index in [2.05, 4.69) is 20.0 Å². The summed E-state index contributed by atoms with van der Waals surface area (Å²) in [5, 5.41) is 15.0. The number of piperazine rings is 1. The first kappa shape index (κ1) is 20.0. The number of H-pyrrole nitrogens is 2. The summed E-state index contributed by atoms with van der Waals surface area (Å²) in [6.45, 7) is 2.58. The second-order valence-electron chi connectivity index (χ2n) is 8.97. The number of nitrogens with two attached hydrogens (primary N) is 1. The van der Waals surface area contributed by atoms with Crippen LogP contribution in [0.5, 0.6) is 5.88 Å². The van der Waals surface area contributed by atoms with Crippen molar-refractivity contribution in [3.05, 3.63) is 39.1 Å². The normalized spacial score (nSPS) is 24.2. The molecule has 4 heterocycles. The Hall–Kier alpha value is -3.67. The fraction of sp³-hybridized carbons (Fsp3) is 0.476. The third kappa shape index (κ3) is 3.75. The number of nitrogens with one attached hydrogen (secondary N) is 2. The van der Waals surface area contributed by atoms with Gasteiger partial charge in [-0.1, -0.05) is 0 Å². The molecule has 0 aromatic carbocycles. The Morgan fingerprint density at radius 3 is 2.64 bits per heavy atom. The van der Waals surface area contributed by atoms with Crippen molar-refractivity contribution >= 4 is 23.4 Å². The van der Waals surface area contributed by atoms with Crippen LogP contribution in [-0.4, -0.2) is 78.7 Å². The van der Waals surface area contributed by atoms with E-state index in [4.69, 9.17) is 15.7 Å². The van der Waals surface area contributed by atoms with Gasteiger partial charge < -0.3 is 25.6 Å². The SMILES string of the molecule is NC1CC1C(=O)N1CCN(c2cc(=NC3CC3)n3ncc(=Cc4[nH]c(=O)[nH]c4O)c3n2)CC1. The van der Waals surface area contributed by atoms with Gasteiger partial charge in [-0.2, -0.15) is 9.61 Å². The molecular formula is C21H25N9O3. The van der Waals surface area contributed by atoms with Crippen LogP contribution < -0.4 is 27.0 Å². The summed E-state index contributed by atoms with van der Waals surface area (Å²) in [7, 11) is 0. The minimum atomic E-state index is -0.493. The van der Waals surface area contributed by atoms with Crippen molar-refractivity contribution in [3.8, 4) is 5.88 Å². The molecule has 2 unspecified atom stereocenters. The van der Waals surface area contributed by atoms with Crippen LogP contribution in [0.4, 0.5) is 5.82 Å². The zero-order valence-electron chi connectivity index (χ0n) is 17.9. The Morgan fingerprint density at radius 2 is 2.00 bits per heavy atom. The molecule has 2 saturated carbocycles. The number of aromatic nitrogens is 5. The molecule has 0 spiro atoms. The van der Waals surface area contributed by atoms with Crippen LogP contribution in [0.25, 0.3) is 11.7 Å². The number of carbonyl (C=O) groups is 1. The third-order valence-corrected chi connectivity index (χ3v) is 6.44. The number of fused-ring (bicyclic) bond motifs is 1. The molecular weight excluding hydrogens is 426 g/mol. The zero-order chi connectivity index (χ0) is 22.7. The van der Waals surface area contributed by atoms with Crippen molar-refractivity contribution in [2.24, 2.45) is 16.6 Å². The molecule has 1 saturated heterocycles. The number of hydrogen-bond acceptors (Lipinski definition) is 8. The molecule has 1 aliphatic heterocycles. The smallest absolute Gasteiger partial charge is 0.326 e. The lowest BCUT2D eigenvalue weighted by Crippen LogP contribution is -2.50. The Bertz CT molecular complexity index is 1410. The summed E-state index contributed by atoms with van der Waals surface area (Å²) in [5.41, 5.74) is 6.91. The monoisotopic (exact) mass is 451 g/mol. The van der Waals surface area contributed by atoms with Gasteiger partial charge in [-0.15, -0.1) is 0 Å². The lowest BCUT2D eigenvalue weighted by atomic mass is 10.2. The molecule has 172 valence electrons. The van der Waals surface area contributed by atoms with E-state index in [0.717, 1.165) is 25.1 Å². The van der Waals surface area contributed by atoms with Gasteiger partial charge >= 0.3 is 5.69 Å². The van der Waals surface area contributed by atoms with Crippen LogP contribution in [0.2, 0.25) is 0 Å². The van der Waals surface area contributed by atoms with Crippen molar-refractivity contribution in [2.75, 3.05) is 31.1 Å². The maximum absolute atomic E-state index is 12.5. The van der Waals surface area contributed by atoms with Crippen molar-refractivity contribution in [1.29, 1.82) is 0 Å². The summed E-state index contributed by atoms with van der Waals surface area (Å²) in [4.78, 5) is 42.6. The van der Waals surface area contributed by atoms with Crippen molar-refractivity contribution in [1.82, 2.24) is 29.5 Å². The topological polar surface area (TPSA) is 161 Å². The Labute approximate surface area is 187 Å². The van der Waals surface area contributed by atoms with E-state index in [1.807, 2.05) is 11.0 Å². The first-order valence-electron chi connectivity index (χ1n) is 11.2. The quantitative estimate of drug-likeness (QED) is 0.359. The van der Waals surface area contributed by atoms with E-state index in [9.17, 15) is 14.7 Å². The molecule has 0 radical (unpaired) electrons. The fourth-order valence-electron chi connectivity index (χ4n) is 4.23. The molecule has 5 N–H and O–H groups in total. The number of amides is 1. The number of imidazole rings is 1. The molecule has 33 heavy (non-hydrogen) atoms. The van der Waals surface area contributed by atoms with Gasteiger partial charge in [0.05, 0.1) is 18.2 Å². The van der Waals surface area contributed by atoms with Gasteiger partial charge in [0.1, 0.15) is 11.5 Å². The van der Waals surface area contributed by atoms with Crippen LogP contribution in [0.15, 0.2) is 22.1 Å². The van der Waals surface area contributed by atoms with E-state index in [1.54, 1.807) is 16.8 Å². The predicted octanol–water partition coefficient (Wildman–Crippen LogP) is -1.94. The maximum Gasteiger partial charge on any atom is 0.326 e. The number of rotatable bonds is 4. The van der Waals surface area contributed by atoms with Gasteiger partial charge in [0, 0.05) is 43.5 Å². The molecule has 6 rings (SSSR count). The van der Waals surface area contributed by atoms with Crippen molar-refractivity contribution in [2.45, 2.75) is 31.3 Å². The summed E-state index contributed by atoms with van der Waals surface area (Å²) < 4.78 is 1.68. The van der Waals surface area contributed by atoms with Gasteiger partial charge in [0.25, 0.3) is 0 Å². The standard InChI is InChI=1S/C21H25N9O3/c22-14-8-13(14)20(32)29-5-3-28(4-6-29)16-9-17(24-12-1-2-12)30-18(26-16)11(10-23-30)7-15-19(31)27-21(33)25-15/h7,9-10,12-14,31H,1-6,8,22H2,(H2,25,27,33). The molecule has 12 nitrogen and oxygen atoms in total. The number of nitrogens with zero attached hydrogens (tertiary/aromatic N) is 6. The van der Waals surface area contributed by atoms with E-state index in [0.29, 0.717) is 48.6 Å². The molecule has 0 bridgehead atoms. The Kier molecular flexibility index (Phi) is 4.50. The molecule has 12 heteroatoms. The van der Waals surface area contributed by atoms with E-state index in [-0.39, 0.29) is 29.4 Å². The highest BCUT2D eigenvalue weighted by molar-refractivity contribution is 5.82. The number of carbonyl (C=O) groups excluding carboxylic acids is 1. The molecule has 2 atom stereocenters. The molecule has 1 amide bonds. The summed E-state index contributed by atoms with van der Waals surface area (Å²) in [6.07, 6.45) is 6.16. The molecule has 3 aromatic heterocycles. The molecule has 3 aromatic rings.